The van der Waals surface area contributed by atoms with E-state index in [4.69, 9.17) is 16.0 Å². The van der Waals surface area contributed by atoms with Gasteiger partial charge in [-0.3, -0.25) is 9.36 Å². The second-order valence-electron chi connectivity index (χ2n) is 7.40. The maximum absolute atomic E-state index is 12.5. The summed E-state index contributed by atoms with van der Waals surface area (Å²) in [6, 6.07) is 13.3. The summed E-state index contributed by atoms with van der Waals surface area (Å²) in [7, 11) is 0. The number of furan rings is 1. The number of aromatic nitrogens is 3. The van der Waals surface area contributed by atoms with E-state index < -0.39 is 5.54 Å². The van der Waals surface area contributed by atoms with Gasteiger partial charge in [0, 0.05) is 10.6 Å². The molecular weight excluding hydrogens is 422 g/mol. The minimum absolute atomic E-state index is 0.140. The number of nitriles is 1. The summed E-state index contributed by atoms with van der Waals surface area (Å²) in [5, 5.41) is 22.2. The van der Waals surface area contributed by atoms with Gasteiger partial charge in [-0.15, -0.1) is 10.2 Å². The number of hydrogen-bond acceptors (Lipinski definition) is 6. The van der Waals surface area contributed by atoms with Crippen molar-refractivity contribution in [2.75, 3.05) is 5.75 Å². The summed E-state index contributed by atoms with van der Waals surface area (Å²) in [6.45, 7) is 2.21. The first-order valence-electron chi connectivity index (χ1n) is 9.55. The number of halogens is 1. The van der Waals surface area contributed by atoms with Crippen LogP contribution in [0.3, 0.4) is 0 Å². The average Bonchev–Trinajstić information content (AvgIpc) is 3.35. The summed E-state index contributed by atoms with van der Waals surface area (Å²) in [6.07, 6.45) is 3.56. The lowest BCUT2D eigenvalue weighted by Crippen LogP contribution is -2.47. The van der Waals surface area contributed by atoms with Crippen molar-refractivity contribution in [1.82, 2.24) is 20.1 Å². The molecule has 1 fully saturated rings. The lowest BCUT2D eigenvalue weighted by atomic mass is 9.98. The van der Waals surface area contributed by atoms with Crippen LogP contribution in [0, 0.1) is 17.2 Å². The zero-order valence-electron chi connectivity index (χ0n) is 16.3. The van der Waals surface area contributed by atoms with E-state index in [1.807, 2.05) is 28.8 Å². The largest absolute Gasteiger partial charge is 0.467 e. The number of carbonyl (C=O) groups is 1. The summed E-state index contributed by atoms with van der Waals surface area (Å²) in [5.41, 5.74) is 0.0501. The Labute approximate surface area is 183 Å². The molecule has 154 valence electrons. The molecule has 0 aliphatic heterocycles. The van der Waals surface area contributed by atoms with Crippen molar-refractivity contribution in [3.63, 3.8) is 0 Å². The molecule has 3 aromatic rings. The minimum Gasteiger partial charge on any atom is -0.467 e. The number of thioether (sulfide) groups is 1. The molecule has 1 atom stereocenters. The SMILES string of the molecule is CC(C#N)(NC(=O)CSc1nnc(-c2ccc(Cl)cc2)n1Cc1ccco1)C1CC1. The van der Waals surface area contributed by atoms with Gasteiger partial charge in [0.25, 0.3) is 0 Å². The first-order chi connectivity index (χ1) is 14.5. The van der Waals surface area contributed by atoms with Gasteiger partial charge in [0.05, 0.1) is 24.6 Å². The Balaban J connectivity index is 1.53. The highest BCUT2D eigenvalue weighted by Crippen LogP contribution is 2.39. The van der Waals surface area contributed by atoms with Crippen molar-refractivity contribution in [3.8, 4) is 17.5 Å². The van der Waals surface area contributed by atoms with E-state index in [9.17, 15) is 10.1 Å². The molecule has 4 rings (SSSR count). The molecule has 2 aromatic heterocycles. The molecule has 1 amide bonds. The molecule has 0 spiro atoms. The van der Waals surface area contributed by atoms with Gasteiger partial charge in [-0.05, 0) is 62.1 Å². The second kappa shape index (κ2) is 8.54. The Morgan fingerprint density at radius 1 is 1.37 bits per heavy atom. The van der Waals surface area contributed by atoms with Crippen molar-refractivity contribution in [2.24, 2.45) is 5.92 Å². The quantitative estimate of drug-likeness (QED) is 0.527. The number of amides is 1. The molecule has 1 unspecified atom stereocenters. The molecule has 1 aliphatic rings. The molecule has 0 saturated heterocycles. The van der Waals surface area contributed by atoms with Gasteiger partial charge in [-0.2, -0.15) is 5.26 Å². The first-order valence-corrected chi connectivity index (χ1v) is 10.9. The maximum Gasteiger partial charge on any atom is 0.231 e. The topological polar surface area (TPSA) is 96.7 Å². The second-order valence-corrected chi connectivity index (χ2v) is 8.78. The van der Waals surface area contributed by atoms with E-state index in [1.165, 1.54) is 11.8 Å². The van der Waals surface area contributed by atoms with Crippen LogP contribution in [0.2, 0.25) is 5.02 Å². The molecule has 0 radical (unpaired) electrons. The third kappa shape index (κ3) is 4.53. The first kappa shape index (κ1) is 20.5. The fourth-order valence-corrected chi connectivity index (χ4v) is 4.11. The van der Waals surface area contributed by atoms with Crippen molar-refractivity contribution in [2.45, 2.75) is 37.0 Å². The number of benzene rings is 1. The summed E-state index contributed by atoms with van der Waals surface area (Å²) < 4.78 is 7.40. The Hall–Kier alpha value is -2.76. The molecule has 1 N–H and O–H groups in total. The van der Waals surface area contributed by atoms with Crippen molar-refractivity contribution in [3.05, 3.63) is 53.4 Å². The van der Waals surface area contributed by atoms with Crippen LogP contribution >= 0.6 is 23.4 Å². The highest BCUT2D eigenvalue weighted by molar-refractivity contribution is 7.99. The van der Waals surface area contributed by atoms with E-state index in [-0.39, 0.29) is 17.6 Å². The van der Waals surface area contributed by atoms with E-state index in [1.54, 1.807) is 25.3 Å². The highest BCUT2D eigenvalue weighted by atomic mass is 35.5. The predicted molar refractivity (Wildman–Crippen MR) is 114 cm³/mol. The van der Waals surface area contributed by atoms with E-state index in [2.05, 4.69) is 21.6 Å². The van der Waals surface area contributed by atoms with Crippen LogP contribution in [0.1, 0.15) is 25.5 Å². The standard InChI is InChI=1S/C21H20ClN5O2S/c1-21(13-23,15-6-7-15)24-18(28)12-30-20-26-25-19(14-4-8-16(22)9-5-14)27(20)11-17-3-2-10-29-17/h2-5,8-10,15H,6-7,11-12H2,1H3,(H,24,28). The summed E-state index contributed by atoms with van der Waals surface area (Å²) in [4.78, 5) is 12.5. The Kier molecular flexibility index (Phi) is 5.84. The molecule has 30 heavy (non-hydrogen) atoms. The van der Waals surface area contributed by atoms with Crippen LogP contribution in [-0.2, 0) is 11.3 Å². The van der Waals surface area contributed by atoms with Gasteiger partial charge in [-0.1, -0.05) is 23.4 Å². The molecule has 0 bridgehead atoms. The number of nitrogens with one attached hydrogen (secondary N) is 1. The Bertz CT molecular complexity index is 1070. The van der Waals surface area contributed by atoms with Crippen LogP contribution < -0.4 is 5.32 Å². The zero-order valence-corrected chi connectivity index (χ0v) is 17.9. The molecule has 9 heteroatoms. The fourth-order valence-electron chi connectivity index (χ4n) is 3.25. The van der Waals surface area contributed by atoms with E-state index >= 15 is 0 Å². The van der Waals surface area contributed by atoms with Crippen LogP contribution in [0.5, 0.6) is 0 Å². The van der Waals surface area contributed by atoms with Gasteiger partial charge in [0.1, 0.15) is 11.3 Å². The van der Waals surface area contributed by atoms with Gasteiger partial charge < -0.3 is 9.73 Å². The average molecular weight is 442 g/mol. The number of nitrogens with zero attached hydrogens (tertiary/aromatic N) is 4. The number of hydrogen-bond donors (Lipinski definition) is 1. The number of carbonyl (C=O) groups excluding carboxylic acids is 1. The molecule has 2 heterocycles. The third-order valence-corrected chi connectivity index (χ3v) is 6.29. The van der Waals surface area contributed by atoms with Crippen LogP contribution in [0.15, 0.2) is 52.2 Å². The maximum atomic E-state index is 12.5. The Morgan fingerprint density at radius 2 is 2.13 bits per heavy atom. The molecule has 1 saturated carbocycles. The molecule has 1 aliphatic carbocycles. The smallest absolute Gasteiger partial charge is 0.231 e. The third-order valence-electron chi connectivity index (χ3n) is 5.07. The fraction of sp³-hybridized carbons (Fsp3) is 0.333. The summed E-state index contributed by atoms with van der Waals surface area (Å²) in [5.74, 6) is 1.58. The van der Waals surface area contributed by atoms with Crippen LogP contribution in [0.4, 0.5) is 0 Å². The van der Waals surface area contributed by atoms with Crippen molar-refractivity contribution < 1.29 is 9.21 Å². The van der Waals surface area contributed by atoms with Crippen LogP contribution in [0.25, 0.3) is 11.4 Å². The van der Waals surface area contributed by atoms with E-state index in [0.29, 0.717) is 22.5 Å². The lowest BCUT2D eigenvalue weighted by Gasteiger charge is -2.22. The number of rotatable bonds is 8. The highest BCUT2D eigenvalue weighted by Gasteiger charge is 2.43. The Morgan fingerprint density at radius 3 is 2.77 bits per heavy atom. The minimum atomic E-state index is -0.812. The van der Waals surface area contributed by atoms with Gasteiger partial charge in [-0.25, -0.2) is 0 Å². The zero-order chi connectivity index (χ0) is 21.1. The van der Waals surface area contributed by atoms with Crippen molar-refractivity contribution in [1.29, 1.82) is 5.26 Å². The van der Waals surface area contributed by atoms with Gasteiger partial charge in [0.2, 0.25) is 5.91 Å². The monoisotopic (exact) mass is 441 g/mol. The van der Waals surface area contributed by atoms with E-state index in [0.717, 1.165) is 24.2 Å². The van der Waals surface area contributed by atoms with Gasteiger partial charge in [0.15, 0.2) is 11.0 Å². The predicted octanol–water partition coefficient (Wildman–Crippen LogP) is 4.14. The normalized spacial score (nSPS) is 15.4. The van der Waals surface area contributed by atoms with Gasteiger partial charge >= 0.3 is 0 Å². The summed E-state index contributed by atoms with van der Waals surface area (Å²) >= 11 is 7.28. The molecular formula is C21H20ClN5O2S. The lowest BCUT2D eigenvalue weighted by molar-refractivity contribution is -0.119. The van der Waals surface area contributed by atoms with Crippen molar-refractivity contribution >= 4 is 29.3 Å². The molecule has 1 aromatic carbocycles. The molecule has 7 nitrogen and oxygen atoms in total. The van der Waals surface area contributed by atoms with Crippen LogP contribution in [-0.4, -0.2) is 32.0 Å².